The molecule has 2 rings (SSSR count). The Morgan fingerprint density at radius 1 is 1.31 bits per heavy atom. The van der Waals surface area contributed by atoms with E-state index in [0.717, 1.165) is 18.8 Å². The van der Waals surface area contributed by atoms with Crippen LogP contribution in [-0.4, -0.2) is 31.2 Å². The highest BCUT2D eigenvalue weighted by molar-refractivity contribution is 5.54. The molecule has 0 atom stereocenters. The quantitative estimate of drug-likeness (QED) is 0.823. The number of nitrogens with zero attached hydrogens (tertiary/aromatic N) is 2. The largest absolute Gasteiger partial charge is 0.371 e. The molecule has 16 heavy (non-hydrogen) atoms. The standard InChI is InChI=1S/C13H21N3/c1-10-11(2)15-7-4-13(10)16-8-5-12(14-3)6-9-16/h4,7,12,14H,5-6,8-9H2,1-3H3. The van der Waals surface area contributed by atoms with Crippen LogP contribution in [0.3, 0.4) is 0 Å². The third-order valence-electron chi connectivity index (χ3n) is 3.67. The Hall–Kier alpha value is -1.09. The highest BCUT2D eigenvalue weighted by atomic mass is 15.1. The highest BCUT2D eigenvalue weighted by Crippen LogP contribution is 2.24. The molecule has 2 heterocycles. The van der Waals surface area contributed by atoms with E-state index in [0.29, 0.717) is 6.04 Å². The van der Waals surface area contributed by atoms with Crippen molar-refractivity contribution in [1.29, 1.82) is 0 Å². The Labute approximate surface area is 97.9 Å². The topological polar surface area (TPSA) is 28.2 Å². The minimum atomic E-state index is 0.694. The number of aryl methyl sites for hydroxylation is 1. The van der Waals surface area contributed by atoms with Gasteiger partial charge in [0.1, 0.15) is 0 Å². The van der Waals surface area contributed by atoms with Crippen molar-refractivity contribution in [1.82, 2.24) is 10.3 Å². The lowest BCUT2D eigenvalue weighted by molar-refractivity contribution is 0.442. The van der Waals surface area contributed by atoms with Crippen LogP contribution in [0, 0.1) is 13.8 Å². The van der Waals surface area contributed by atoms with Crippen LogP contribution in [0.15, 0.2) is 12.3 Å². The summed E-state index contributed by atoms with van der Waals surface area (Å²) in [6.45, 7) is 6.55. The molecule has 1 N–H and O–H groups in total. The first-order valence-corrected chi connectivity index (χ1v) is 6.07. The molecule has 3 nitrogen and oxygen atoms in total. The first-order valence-electron chi connectivity index (χ1n) is 6.07. The number of pyridine rings is 1. The van der Waals surface area contributed by atoms with Gasteiger partial charge in [-0.2, -0.15) is 0 Å². The van der Waals surface area contributed by atoms with Crippen LogP contribution in [0.1, 0.15) is 24.1 Å². The van der Waals surface area contributed by atoms with Crippen molar-refractivity contribution < 1.29 is 0 Å². The molecule has 88 valence electrons. The Morgan fingerprint density at radius 2 is 2.00 bits per heavy atom. The van der Waals surface area contributed by atoms with E-state index in [1.807, 2.05) is 6.20 Å². The lowest BCUT2D eigenvalue weighted by Crippen LogP contribution is -2.41. The van der Waals surface area contributed by atoms with Gasteiger partial charge < -0.3 is 10.2 Å². The fraction of sp³-hybridized carbons (Fsp3) is 0.615. The minimum absolute atomic E-state index is 0.694. The minimum Gasteiger partial charge on any atom is -0.371 e. The van der Waals surface area contributed by atoms with Crippen LogP contribution in [0.5, 0.6) is 0 Å². The molecule has 1 aliphatic rings. The Balaban J connectivity index is 2.11. The zero-order chi connectivity index (χ0) is 11.5. The third kappa shape index (κ3) is 2.19. The second kappa shape index (κ2) is 4.83. The van der Waals surface area contributed by atoms with Crippen LogP contribution >= 0.6 is 0 Å². The number of hydrogen-bond acceptors (Lipinski definition) is 3. The average molecular weight is 219 g/mol. The number of aromatic nitrogens is 1. The smallest absolute Gasteiger partial charge is 0.0429 e. The van der Waals surface area contributed by atoms with Gasteiger partial charge in [0.15, 0.2) is 0 Å². The molecule has 1 aromatic rings. The van der Waals surface area contributed by atoms with Crippen molar-refractivity contribution >= 4 is 5.69 Å². The normalized spacial score (nSPS) is 17.8. The third-order valence-corrected chi connectivity index (χ3v) is 3.67. The molecule has 0 radical (unpaired) electrons. The molecule has 1 saturated heterocycles. The fourth-order valence-electron chi connectivity index (χ4n) is 2.38. The van der Waals surface area contributed by atoms with Gasteiger partial charge in [-0.1, -0.05) is 0 Å². The molecule has 0 aromatic carbocycles. The van der Waals surface area contributed by atoms with Gasteiger partial charge in [0.05, 0.1) is 0 Å². The van der Waals surface area contributed by atoms with Crippen molar-refractivity contribution in [2.45, 2.75) is 32.7 Å². The molecular formula is C13H21N3. The predicted octanol–water partition coefficient (Wildman–Crippen LogP) is 1.89. The van der Waals surface area contributed by atoms with E-state index >= 15 is 0 Å². The van der Waals surface area contributed by atoms with Crippen molar-refractivity contribution in [3.05, 3.63) is 23.5 Å². The Kier molecular flexibility index (Phi) is 3.44. The van der Waals surface area contributed by atoms with Crippen LogP contribution in [0.2, 0.25) is 0 Å². The summed E-state index contributed by atoms with van der Waals surface area (Å²) in [6.07, 6.45) is 4.39. The molecule has 0 saturated carbocycles. The van der Waals surface area contributed by atoms with Gasteiger partial charge in [0.2, 0.25) is 0 Å². The maximum atomic E-state index is 4.33. The Bertz CT molecular complexity index is 354. The molecular weight excluding hydrogens is 198 g/mol. The molecule has 0 spiro atoms. The first-order chi connectivity index (χ1) is 7.72. The van der Waals surface area contributed by atoms with Crippen LogP contribution in [0.25, 0.3) is 0 Å². The monoisotopic (exact) mass is 219 g/mol. The SMILES string of the molecule is CNC1CCN(c2ccnc(C)c2C)CC1. The summed E-state index contributed by atoms with van der Waals surface area (Å²) in [5.41, 5.74) is 3.83. The van der Waals surface area contributed by atoms with E-state index in [4.69, 9.17) is 0 Å². The van der Waals surface area contributed by atoms with E-state index in [2.05, 4.69) is 42.2 Å². The van der Waals surface area contributed by atoms with Gasteiger partial charge in [-0.15, -0.1) is 0 Å². The van der Waals surface area contributed by atoms with Gasteiger partial charge in [-0.25, -0.2) is 0 Å². The summed E-state index contributed by atoms with van der Waals surface area (Å²) in [5, 5.41) is 3.36. The van der Waals surface area contributed by atoms with Crippen LogP contribution in [-0.2, 0) is 0 Å². The number of nitrogens with one attached hydrogen (secondary N) is 1. The summed E-state index contributed by atoms with van der Waals surface area (Å²) in [5.74, 6) is 0. The Morgan fingerprint density at radius 3 is 2.62 bits per heavy atom. The van der Waals surface area contributed by atoms with Crippen molar-refractivity contribution in [3.8, 4) is 0 Å². The zero-order valence-corrected chi connectivity index (χ0v) is 10.5. The number of anilines is 1. The van der Waals surface area contributed by atoms with Gasteiger partial charge >= 0.3 is 0 Å². The predicted molar refractivity (Wildman–Crippen MR) is 68.0 cm³/mol. The summed E-state index contributed by atoms with van der Waals surface area (Å²) >= 11 is 0. The average Bonchev–Trinajstić information content (AvgIpc) is 2.33. The van der Waals surface area contributed by atoms with Gasteiger partial charge in [-0.3, -0.25) is 4.98 Å². The number of piperidine rings is 1. The summed E-state index contributed by atoms with van der Waals surface area (Å²) in [6, 6.07) is 2.83. The van der Waals surface area contributed by atoms with Crippen LogP contribution < -0.4 is 10.2 Å². The van der Waals surface area contributed by atoms with Crippen molar-refractivity contribution in [2.24, 2.45) is 0 Å². The number of rotatable bonds is 2. The molecule has 0 bridgehead atoms. The fourth-order valence-corrected chi connectivity index (χ4v) is 2.38. The molecule has 3 heteroatoms. The van der Waals surface area contributed by atoms with E-state index in [9.17, 15) is 0 Å². The van der Waals surface area contributed by atoms with Crippen molar-refractivity contribution in [3.63, 3.8) is 0 Å². The molecule has 0 unspecified atom stereocenters. The lowest BCUT2D eigenvalue weighted by Gasteiger charge is -2.34. The van der Waals surface area contributed by atoms with E-state index in [1.165, 1.54) is 24.1 Å². The van der Waals surface area contributed by atoms with Crippen molar-refractivity contribution in [2.75, 3.05) is 25.0 Å². The molecule has 0 amide bonds. The lowest BCUT2D eigenvalue weighted by atomic mass is 10.0. The summed E-state index contributed by atoms with van der Waals surface area (Å²) < 4.78 is 0. The second-order valence-corrected chi connectivity index (χ2v) is 4.59. The van der Waals surface area contributed by atoms with Gasteiger partial charge in [0, 0.05) is 36.7 Å². The van der Waals surface area contributed by atoms with Gasteiger partial charge in [0.25, 0.3) is 0 Å². The van der Waals surface area contributed by atoms with E-state index < -0.39 is 0 Å². The molecule has 1 fully saturated rings. The van der Waals surface area contributed by atoms with E-state index in [-0.39, 0.29) is 0 Å². The summed E-state index contributed by atoms with van der Waals surface area (Å²) in [4.78, 5) is 6.81. The second-order valence-electron chi connectivity index (χ2n) is 4.59. The molecule has 0 aliphatic carbocycles. The number of hydrogen-bond donors (Lipinski definition) is 1. The molecule has 1 aromatic heterocycles. The first kappa shape index (κ1) is 11.4. The van der Waals surface area contributed by atoms with Gasteiger partial charge in [-0.05, 0) is 45.4 Å². The van der Waals surface area contributed by atoms with E-state index in [1.54, 1.807) is 0 Å². The maximum Gasteiger partial charge on any atom is 0.0429 e. The zero-order valence-electron chi connectivity index (χ0n) is 10.5. The van der Waals surface area contributed by atoms with Crippen LogP contribution in [0.4, 0.5) is 5.69 Å². The summed E-state index contributed by atoms with van der Waals surface area (Å²) in [7, 11) is 2.06. The maximum absolute atomic E-state index is 4.33. The molecule has 1 aliphatic heterocycles. The highest BCUT2D eigenvalue weighted by Gasteiger charge is 2.19.